The van der Waals surface area contributed by atoms with Crippen LogP contribution in [0.4, 0.5) is 13.2 Å². The van der Waals surface area contributed by atoms with Gasteiger partial charge in [-0.05, 0) is 43.7 Å². The number of benzene rings is 1. The normalized spacial score (nSPS) is 19.2. The van der Waals surface area contributed by atoms with Gasteiger partial charge in [0.2, 0.25) is 0 Å². The van der Waals surface area contributed by atoms with Crippen molar-refractivity contribution in [2.24, 2.45) is 5.92 Å². The minimum absolute atomic E-state index is 0.0565. The van der Waals surface area contributed by atoms with Crippen LogP contribution in [0, 0.1) is 5.92 Å². The van der Waals surface area contributed by atoms with Crippen molar-refractivity contribution in [3.63, 3.8) is 0 Å². The number of halogens is 3. The maximum Gasteiger partial charge on any atom is 0.573 e. The minimum atomic E-state index is -4.77. The van der Waals surface area contributed by atoms with Crippen LogP contribution >= 0.6 is 0 Å². The molecule has 0 bridgehead atoms. The Balaban J connectivity index is 1.88. The monoisotopic (exact) mass is 352 g/mol. The van der Waals surface area contributed by atoms with E-state index in [4.69, 9.17) is 4.74 Å². The molecule has 2 unspecified atom stereocenters. The van der Waals surface area contributed by atoms with Gasteiger partial charge in [0.05, 0.1) is 5.69 Å². The molecule has 25 heavy (non-hydrogen) atoms. The molecule has 2 heterocycles. The molecule has 4 nitrogen and oxygen atoms in total. The summed E-state index contributed by atoms with van der Waals surface area (Å²) in [5.41, 5.74) is 0.693. The Morgan fingerprint density at radius 2 is 1.84 bits per heavy atom. The molecular weight excluding hydrogens is 333 g/mol. The number of ether oxygens (including phenoxy) is 2. The quantitative estimate of drug-likeness (QED) is 0.880. The zero-order chi connectivity index (χ0) is 17.7. The van der Waals surface area contributed by atoms with Crippen molar-refractivity contribution < 1.29 is 22.6 Å². The third-order valence-corrected chi connectivity index (χ3v) is 4.07. The van der Waals surface area contributed by atoms with Crippen LogP contribution in [0.3, 0.4) is 0 Å². The van der Waals surface area contributed by atoms with E-state index in [1.165, 1.54) is 18.2 Å². The van der Waals surface area contributed by atoms with Gasteiger partial charge < -0.3 is 14.8 Å². The van der Waals surface area contributed by atoms with Gasteiger partial charge in [-0.3, -0.25) is 4.98 Å². The van der Waals surface area contributed by atoms with Crippen LogP contribution in [0.25, 0.3) is 0 Å². The van der Waals surface area contributed by atoms with Crippen LogP contribution in [0.2, 0.25) is 0 Å². The van der Waals surface area contributed by atoms with Gasteiger partial charge in [-0.25, -0.2) is 0 Å². The van der Waals surface area contributed by atoms with E-state index < -0.39 is 12.5 Å². The fourth-order valence-corrected chi connectivity index (χ4v) is 2.97. The van der Waals surface area contributed by atoms with Crippen molar-refractivity contribution in [3.8, 4) is 11.5 Å². The van der Waals surface area contributed by atoms with Gasteiger partial charge in [0, 0.05) is 18.7 Å². The van der Waals surface area contributed by atoms with E-state index in [0.717, 1.165) is 25.9 Å². The van der Waals surface area contributed by atoms with Crippen molar-refractivity contribution in [1.29, 1.82) is 0 Å². The van der Waals surface area contributed by atoms with Gasteiger partial charge in [0.25, 0.3) is 0 Å². The number of piperidine rings is 1. The average Bonchev–Trinajstić information content (AvgIpc) is 2.61. The molecule has 134 valence electrons. The Kier molecular flexibility index (Phi) is 5.43. The summed E-state index contributed by atoms with van der Waals surface area (Å²) in [7, 11) is 0. The Morgan fingerprint density at radius 1 is 1.08 bits per heavy atom. The molecule has 3 rings (SSSR count). The largest absolute Gasteiger partial charge is 0.573 e. The van der Waals surface area contributed by atoms with Crippen molar-refractivity contribution in [2.45, 2.75) is 25.3 Å². The number of nitrogens with zero attached hydrogens (tertiary/aromatic N) is 1. The Morgan fingerprint density at radius 3 is 2.48 bits per heavy atom. The molecule has 2 atom stereocenters. The smallest absolute Gasteiger partial charge is 0.480 e. The third-order valence-electron chi connectivity index (χ3n) is 4.07. The second-order valence-corrected chi connectivity index (χ2v) is 5.89. The lowest BCUT2D eigenvalue weighted by Gasteiger charge is -2.31. The Bertz CT molecular complexity index is 674. The Hall–Kier alpha value is -2.28. The molecule has 1 aliphatic rings. The topological polar surface area (TPSA) is 43.4 Å². The standard InChI is InChI=1S/C18H19F3N2O2/c19-18(20,21)25-16-9-2-1-8-15(16)24-17(13-6-5-10-22-12-13)14-7-3-4-11-23-14/h1-4,7-9,11,13,17,22H,5-6,10,12H2. The highest BCUT2D eigenvalue weighted by Crippen LogP contribution is 2.37. The van der Waals surface area contributed by atoms with E-state index in [1.807, 2.05) is 12.1 Å². The number of alkyl halides is 3. The number of rotatable bonds is 5. The molecule has 1 fully saturated rings. The number of pyridine rings is 1. The molecule has 1 aromatic carbocycles. The second kappa shape index (κ2) is 7.74. The number of aromatic nitrogens is 1. The van der Waals surface area contributed by atoms with Crippen LogP contribution in [0.15, 0.2) is 48.7 Å². The molecule has 1 N–H and O–H groups in total. The van der Waals surface area contributed by atoms with E-state index in [0.29, 0.717) is 5.69 Å². The summed E-state index contributed by atoms with van der Waals surface area (Å²) in [5.74, 6) is -0.177. The van der Waals surface area contributed by atoms with Crippen LogP contribution in [0.1, 0.15) is 24.6 Å². The van der Waals surface area contributed by atoms with Crippen LogP contribution in [0.5, 0.6) is 11.5 Å². The third kappa shape index (κ3) is 4.85. The highest BCUT2D eigenvalue weighted by Gasteiger charge is 2.34. The van der Waals surface area contributed by atoms with Gasteiger partial charge in [-0.2, -0.15) is 0 Å². The predicted octanol–water partition coefficient (Wildman–Crippen LogP) is 4.10. The molecular formula is C18H19F3N2O2. The highest BCUT2D eigenvalue weighted by molar-refractivity contribution is 5.40. The number of hydrogen-bond donors (Lipinski definition) is 1. The molecule has 0 saturated carbocycles. The lowest BCUT2D eigenvalue weighted by atomic mass is 9.91. The van der Waals surface area contributed by atoms with Crippen LogP contribution in [-0.4, -0.2) is 24.4 Å². The van der Waals surface area contributed by atoms with Crippen molar-refractivity contribution in [3.05, 3.63) is 54.4 Å². The Labute approximate surface area is 144 Å². The molecule has 0 amide bonds. The predicted molar refractivity (Wildman–Crippen MR) is 86.3 cm³/mol. The fraction of sp³-hybridized carbons (Fsp3) is 0.389. The van der Waals surface area contributed by atoms with Crippen LogP contribution < -0.4 is 14.8 Å². The molecule has 2 aromatic rings. The zero-order valence-corrected chi connectivity index (χ0v) is 13.5. The highest BCUT2D eigenvalue weighted by atomic mass is 19.4. The lowest BCUT2D eigenvalue weighted by Crippen LogP contribution is -2.35. The number of nitrogens with one attached hydrogen (secondary N) is 1. The molecule has 7 heteroatoms. The summed E-state index contributed by atoms with van der Waals surface area (Å²) in [6.45, 7) is 1.66. The summed E-state index contributed by atoms with van der Waals surface area (Å²) < 4.78 is 48.0. The molecule has 0 radical (unpaired) electrons. The van der Waals surface area contributed by atoms with Crippen molar-refractivity contribution in [1.82, 2.24) is 10.3 Å². The van der Waals surface area contributed by atoms with E-state index >= 15 is 0 Å². The zero-order valence-electron chi connectivity index (χ0n) is 13.5. The summed E-state index contributed by atoms with van der Waals surface area (Å²) in [6, 6.07) is 11.3. The SMILES string of the molecule is FC(F)(F)Oc1ccccc1OC(c1ccccn1)C1CCCNC1. The van der Waals surface area contributed by atoms with Gasteiger partial charge in [0.1, 0.15) is 6.10 Å². The molecule has 1 aromatic heterocycles. The minimum Gasteiger partial charge on any atom is -0.480 e. The second-order valence-electron chi connectivity index (χ2n) is 5.89. The lowest BCUT2D eigenvalue weighted by molar-refractivity contribution is -0.275. The number of para-hydroxylation sites is 2. The first-order valence-corrected chi connectivity index (χ1v) is 8.16. The van der Waals surface area contributed by atoms with E-state index in [2.05, 4.69) is 15.0 Å². The van der Waals surface area contributed by atoms with Gasteiger partial charge in [-0.1, -0.05) is 18.2 Å². The van der Waals surface area contributed by atoms with Gasteiger partial charge in [-0.15, -0.1) is 13.2 Å². The van der Waals surface area contributed by atoms with Crippen LogP contribution in [-0.2, 0) is 0 Å². The molecule has 1 aliphatic heterocycles. The van der Waals surface area contributed by atoms with Crippen molar-refractivity contribution >= 4 is 0 Å². The fourth-order valence-electron chi connectivity index (χ4n) is 2.97. The number of hydrogen-bond acceptors (Lipinski definition) is 4. The van der Waals surface area contributed by atoms with Crippen molar-refractivity contribution in [2.75, 3.05) is 13.1 Å². The summed E-state index contributed by atoms with van der Waals surface area (Å²) >= 11 is 0. The van der Waals surface area contributed by atoms with E-state index in [9.17, 15) is 13.2 Å². The van der Waals surface area contributed by atoms with Gasteiger partial charge >= 0.3 is 6.36 Å². The summed E-state index contributed by atoms with van der Waals surface area (Å²) in [5, 5.41) is 3.30. The average molecular weight is 352 g/mol. The first kappa shape index (κ1) is 17.5. The molecule has 1 saturated heterocycles. The molecule has 0 aliphatic carbocycles. The first-order valence-electron chi connectivity index (χ1n) is 8.16. The summed E-state index contributed by atoms with van der Waals surface area (Å²) in [6.07, 6.45) is -1.67. The van der Waals surface area contributed by atoms with E-state index in [-0.39, 0.29) is 17.4 Å². The van der Waals surface area contributed by atoms with Gasteiger partial charge in [0.15, 0.2) is 11.5 Å². The first-order chi connectivity index (χ1) is 12.0. The maximum atomic E-state index is 12.6. The van der Waals surface area contributed by atoms with E-state index in [1.54, 1.807) is 18.3 Å². The maximum absolute atomic E-state index is 12.6. The molecule has 0 spiro atoms. The summed E-state index contributed by atoms with van der Waals surface area (Å²) in [4.78, 5) is 4.34.